The molecule has 0 heterocycles. The number of ether oxygens (including phenoxy) is 2. The van der Waals surface area contributed by atoms with E-state index in [2.05, 4.69) is 13.2 Å². The average Bonchev–Trinajstić information content (AvgIpc) is 2.35. The summed E-state index contributed by atoms with van der Waals surface area (Å²) in [5.41, 5.74) is 1.48. The van der Waals surface area contributed by atoms with Crippen LogP contribution < -0.4 is 4.74 Å². The van der Waals surface area contributed by atoms with Gasteiger partial charge < -0.3 is 9.47 Å². The van der Waals surface area contributed by atoms with Crippen LogP contribution in [-0.4, -0.2) is 13.1 Å². The van der Waals surface area contributed by atoms with Gasteiger partial charge in [0.25, 0.3) is 0 Å². The van der Waals surface area contributed by atoms with Crippen LogP contribution in [0.5, 0.6) is 5.75 Å². The number of esters is 1. The van der Waals surface area contributed by atoms with Gasteiger partial charge in [-0.05, 0) is 23.3 Å². The molecule has 1 rings (SSSR count). The van der Waals surface area contributed by atoms with Gasteiger partial charge in [0.05, 0.1) is 7.11 Å². The fraction of sp³-hybridized carbons (Fsp3) is 0.214. The third-order valence-corrected chi connectivity index (χ3v) is 2.30. The summed E-state index contributed by atoms with van der Waals surface area (Å²) >= 11 is 0. The molecule has 0 aliphatic carbocycles. The van der Waals surface area contributed by atoms with Gasteiger partial charge in [-0.3, -0.25) is 4.79 Å². The Morgan fingerprint density at radius 3 is 2.35 bits per heavy atom. The first-order valence-corrected chi connectivity index (χ1v) is 5.21. The molecule has 0 radical (unpaired) electrons. The molecule has 0 amide bonds. The number of benzene rings is 1. The second-order valence-corrected chi connectivity index (χ2v) is 3.54. The normalized spacial score (nSPS) is 11.4. The van der Waals surface area contributed by atoms with Crippen molar-refractivity contribution < 1.29 is 14.3 Å². The van der Waals surface area contributed by atoms with Gasteiger partial charge in [-0.2, -0.15) is 0 Å². The fourth-order valence-electron chi connectivity index (χ4n) is 1.41. The molecular formula is C14H16O3. The van der Waals surface area contributed by atoms with Crippen LogP contribution in [-0.2, 0) is 9.53 Å². The molecule has 3 nitrogen and oxygen atoms in total. The molecule has 0 spiro atoms. The Labute approximate surface area is 101 Å². The van der Waals surface area contributed by atoms with Crippen LogP contribution in [0.1, 0.15) is 18.6 Å². The van der Waals surface area contributed by atoms with Gasteiger partial charge >= 0.3 is 5.97 Å². The highest BCUT2D eigenvalue weighted by Gasteiger charge is 2.16. The summed E-state index contributed by atoms with van der Waals surface area (Å²) in [6, 6.07) is 7.28. The number of rotatable bonds is 5. The Balaban J connectivity index is 2.99. The summed E-state index contributed by atoms with van der Waals surface area (Å²) in [5, 5.41) is 0. The van der Waals surface area contributed by atoms with E-state index in [1.165, 1.54) is 6.92 Å². The lowest BCUT2D eigenvalue weighted by atomic mass is 10.0. The summed E-state index contributed by atoms with van der Waals surface area (Å²) in [6.07, 6.45) is 1.09. The van der Waals surface area contributed by atoms with E-state index in [1.807, 2.05) is 24.3 Å². The third kappa shape index (κ3) is 3.48. The summed E-state index contributed by atoms with van der Waals surface area (Å²) in [7, 11) is 1.60. The summed E-state index contributed by atoms with van der Waals surface area (Å²) < 4.78 is 10.3. The van der Waals surface area contributed by atoms with Crippen molar-refractivity contribution in [3.8, 4) is 5.75 Å². The van der Waals surface area contributed by atoms with E-state index in [-0.39, 0.29) is 5.97 Å². The molecule has 0 aliphatic heterocycles. The molecule has 0 saturated heterocycles. The standard InChI is InChI=1S/C14H16O3/c1-5-10(2)14(17-11(3)15)12-6-8-13(16-4)9-7-12/h5-9,14H,1-2H2,3-4H3. The van der Waals surface area contributed by atoms with Crippen LogP contribution >= 0.6 is 0 Å². The number of carbonyl (C=O) groups is 1. The van der Waals surface area contributed by atoms with Gasteiger partial charge in [-0.15, -0.1) is 0 Å². The molecular weight excluding hydrogens is 216 g/mol. The van der Waals surface area contributed by atoms with E-state index in [4.69, 9.17) is 9.47 Å². The molecule has 90 valence electrons. The van der Waals surface area contributed by atoms with E-state index in [1.54, 1.807) is 13.2 Å². The van der Waals surface area contributed by atoms with Gasteiger partial charge in [0.15, 0.2) is 6.10 Å². The van der Waals surface area contributed by atoms with E-state index >= 15 is 0 Å². The van der Waals surface area contributed by atoms with Crippen molar-refractivity contribution in [1.82, 2.24) is 0 Å². The molecule has 0 saturated carbocycles. The average molecular weight is 232 g/mol. The quantitative estimate of drug-likeness (QED) is 0.578. The van der Waals surface area contributed by atoms with Crippen molar-refractivity contribution in [1.29, 1.82) is 0 Å². The Kier molecular flexibility index (Phi) is 4.52. The second-order valence-electron chi connectivity index (χ2n) is 3.54. The lowest BCUT2D eigenvalue weighted by Gasteiger charge is -2.18. The number of hydrogen-bond donors (Lipinski definition) is 0. The van der Waals surface area contributed by atoms with E-state index in [0.29, 0.717) is 5.57 Å². The smallest absolute Gasteiger partial charge is 0.303 e. The SMILES string of the molecule is C=CC(=C)C(OC(C)=O)c1ccc(OC)cc1. The minimum Gasteiger partial charge on any atom is -0.497 e. The first-order chi connectivity index (χ1) is 8.08. The zero-order chi connectivity index (χ0) is 12.8. The van der Waals surface area contributed by atoms with Crippen LogP contribution in [0, 0.1) is 0 Å². The van der Waals surface area contributed by atoms with Gasteiger partial charge in [0.1, 0.15) is 5.75 Å². The number of hydrogen-bond acceptors (Lipinski definition) is 3. The minimum absolute atomic E-state index is 0.353. The van der Waals surface area contributed by atoms with Crippen LogP contribution in [0.2, 0.25) is 0 Å². The van der Waals surface area contributed by atoms with Gasteiger partial charge in [-0.25, -0.2) is 0 Å². The van der Waals surface area contributed by atoms with Crippen LogP contribution in [0.25, 0.3) is 0 Å². The first-order valence-electron chi connectivity index (χ1n) is 5.21. The van der Waals surface area contributed by atoms with Crippen molar-refractivity contribution in [3.05, 3.63) is 54.6 Å². The molecule has 0 aliphatic rings. The van der Waals surface area contributed by atoms with Crippen molar-refractivity contribution in [2.45, 2.75) is 13.0 Å². The van der Waals surface area contributed by atoms with Crippen LogP contribution in [0.4, 0.5) is 0 Å². The lowest BCUT2D eigenvalue weighted by molar-refractivity contribution is -0.144. The van der Waals surface area contributed by atoms with E-state index < -0.39 is 6.10 Å². The summed E-state index contributed by atoms with van der Waals surface area (Å²) in [5.74, 6) is 0.397. The second kappa shape index (κ2) is 5.89. The lowest BCUT2D eigenvalue weighted by Crippen LogP contribution is -2.09. The molecule has 1 unspecified atom stereocenters. The molecule has 1 aromatic carbocycles. The molecule has 0 aromatic heterocycles. The van der Waals surface area contributed by atoms with Gasteiger partial charge in [0.2, 0.25) is 0 Å². The third-order valence-electron chi connectivity index (χ3n) is 2.30. The van der Waals surface area contributed by atoms with Gasteiger partial charge in [-0.1, -0.05) is 31.4 Å². The number of methoxy groups -OCH3 is 1. The summed E-state index contributed by atoms with van der Waals surface area (Å²) in [6.45, 7) is 8.82. The van der Waals surface area contributed by atoms with Gasteiger partial charge in [0, 0.05) is 6.92 Å². The fourth-order valence-corrected chi connectivity index (χ4v) is 1.41. The molecule has 3 heteroatoms. The molecule has 0 bridgehead atoms. The monoisotopic (exact) mass is 232 g/mol. The summed E-state index contributed by atoms with van der Waals surface area (Å²) in [4.78, 5) is 11.0. The molecule has 0 N–H and O–H groups in total. The predicted octanol–water partition coefficient (Wildman–Crippen LogP) is 3.04. The highest BCUT2D eigenvalue weighted by atomic mass is 16.5. The van der Waals surface area contributed by atoms with Crippen LogP contribution in [0.15, 0.2) is 49.1 Å². The van der Waals surface area contributed by atoms with Crippen LogP contribution in [0.3, 0.4) is 0 Å². The van der Waals surface area contributed by atoms with Crippen molar-refractivity contribution >= 4 is 5.97 Å². The van der Waals surface area contributed by atoms with Crippen molar-refractivity contribution in [2.75, 3.05) is 7.11 Å². The Morgan fingerprint density at radius 1 is 1.35 bits per heavy atom. The molecule has 1 atom stereocenters. The maximum Gasteiger partial charge on any atom is 0.303 e. The largest absolute Gasteiger partial charge is 0.497 e. The Bertz CT molecular complexity index is 418. The molecule has 17 heavy (non-hydrogen) atoms. The topological polar surface area (TPSA) is 35.5 Å². The first kappa shape index (κ1) is 13.0. The number of carbonyl (C=O) groups excluding carboxylic acids is 1. The maximum absolute atomic E-state index is 11.0. The Hall–Kier alpha value is -2.03. The highest BCUT2D eigenvalue weighted by molar-refractivity contribution is 5.67. The zero-order valence-electron chi connectivity index (χ0n) is 10.1. The predicted molar refractivity (Wildman–Crippen MR) is 66.8 cm³/mol. The van der Waals surface area contributed by atoms with E-state index in [9.17, 15) is 4.79 Å². The van der Waals surface area contributed by atoms with Crippen molar-refractivity contribution in [2.24, 2.45) is 0 Å². The zero-order valence-corrected chi connectivity index (χ0v) is 10.1. The molecule has 0 fully saturated rings. The van der Waals surface area contributed by atoms with Crippen molar-refractivity contribution in [3.63, 3.8) is 0 Å². The molecule has 1 aromatic rings. The highest BCUT2D eigenvalue weighted by Crippen LogP contribution is 2.27. The maximum atomic E-state index is 11.0. The Morgan fingerprint density at radius 2 is 1.94 bits per heavy atom. The minimum atomic E-state index is -0.490. The van der Waals surface area contributed by atoms with E-state index in [0.717, 1.165) is 11.3 Å².